The van der Waals surface area contributed by atoms with Gasteiger partial charge in [0, 0.05) is 17.4 Å². The van der Waals surface area contributed by atoms with Gasteiger partial charge in [-0.1, -0.05) is 0 Å². The van der Waals surface area contributed by atoms with Crippen LogP contribution in [0.3, 0.4) is 0 Å². The molecule has 11 heteroatoms. The molecule has 0 heterocycles. The highest BCUT2D eigenvalue weighted by Gasteiger charge is 2.39. The number of aliphatic hydroxyl groups is 1. The van der Waals surface area contributed by atoms with E-state index in [9.17, 15) is 37.6 Å². The van der Waals surface area contributed by atoms with E-state index < -0.39 is 39.7 Å². The molecule has 1 amide bonds. The normalized spacial score (nSPS) is 13.5. The Balaban J connectivity index is 2.14. The molecule has 0 radical (unpaired) electrons. The van der Waals surface area contributed by atoms with Crippen LogP contribution in [0, 0.1) is 15.9 Å². The van der Waals surface area contributed by atoms with Crippen molar-refractivity contribution in [2.45, 2.75) is 18.7 Å². The molecule has 28 heavy (non-hydrogen) atoms. The predicted molar refractivity (Wildman–Crippen MR) is 92.2 cm³/mol. The number of nitro groups is 1. The summed E-state index contributed by atoms with van der Waals surface area (Å²) in [4.78, 5) is 21.8. The summed E-state index contributed by atoms with van der Waals surface area (Å²) in [7, 11) is 0. The fourth-order valence-electron chi connectivity index (χ4n) is 2.19. The Labute approximate surface area is 156 Å². The number of amides is 1. The summed E-state index contributed by atoms with van der Waals surface area (Å²) < 4.78 is 51.8. The molecule has 0 aliphatic heterocycles. The second-order valence-electron chi connectivity index (χ2n) is 6.08. The zero-order valence-electron chi connectivity index (χ0n) is 14.4. The van der Waals surface area contributed by atoms with Crippen LogP contribution in [-0.4, -0.2) is 28.1 Å². The largest absolute Gasteiger partial charge is 0.423 e. The second-order valence-corrected chi connectivity index (χ2v) is 6.08. The molecule has 2 aromatic rings. The number of halogens is 4. The monoisotopic (exact) mass is 401 g/mol. The van der Waals surface area contributed by atoms with Gasteiger partial charge in [-0.2, -0.15) is 13.2 Å². The molecule has 2 aromatic carbocycles. The van der Waals surface area contributed by atoms with Crippen LogP contribution in [0.4, 0.5) is 34.6 Å². The van der Waals surface area contributed by atoms with Crippen molar-refractivity contribution in [3.63, 3.8) is 0 Å². The highest BCUT2D eigenvalue weighted by Crippen LogP contribution is 2.37. The van der Waals surface area contributed by atoms with E-state index in [1.807, 2.05) is 0 Å². The van der Waals surface area contributed by atoms with Gasteiger partial charge in [0.2, 0.25) is 0 Å². The quantitative estimate of drug-likeness (QED) is 0.390. The smallest absolute Gasteiger partial charge is 0.382 e. The summed E-state index contributed by atoms with van der Waals surface area (Å²) in [6.07, 6.45) is -5.00. The summed E-state index contributed by atoms with van der Waals surface area (Å²) >= 11 is 0. The molecule has 0 unspecified atom stereocenters. The molecule has 0 spiro atoms. The first-order chi connectivity index (χ1) is 12.9. The number of hydrogen-bond acceptors (Lipinski definition) is 5. The molecule has 0 aliphatic carbocycles. The molecule has 0 fully saturated rings. The molecule has 0 aromatic heterocycles. The number of rotatable bonds is 6. The van der Waals surface area contributed by atoms with Crippen molar-refractivity contribution in [3.8, 4) is 0 Å². The Kier molecular flexibility index (Phi) is 5.88. The van der Waals surface area contributed by atoms with E-state index in [0.717, 1.165) is 25.1 Å². The number of nitrogens with zero attached hydrogens (tertiary/aromatic N) is 1. The van der Waals surface area contributed by atoms with Crippen molar-refractivity contribution in [1.29, 1.82) is 0 Å². The molecule has 0 bridgehead atoms. The van der Waals surface area contributed by atoms with Gasteiger partial charge < -0.3 is 15.7 Å². The van der Waals surface area contributed by atoms with Gasteiger partial charge in [-0.3, -0.25) is 14.9 Å². The Bertz CT molecular complexity index is 883. The summed E-state index contributed by atoms with van der Waals surface area (Å²) in [6, 6.07) is 7.02. The van der Waals surface area contributed by atoms with E-state index in [-0.39, 0.29) is 12.2 Å². The number of carbonyl (C=O) groups excluding carboxylic acids is 1. The van der Waals surface area contributed by atoms with Gasteiger partial charge in [0.05, 0.1) is 11.5 Å². The second kappa shape index (κ2) is 7.80. The first kappa shape index (κ1) is 21.1. The van der Waals surface area contributed by atoms with Gasteiger partial charge in [-0.05, 0) is 43.3 Å². The number of hydrogen-bond donors (Lipinski definition) is 3. The summed E-state index contributed by atoms with van der Waals surface area (Å²) in [5.74, 6) is -1.52. The Morgan fingerprint density at radius 1 is 1.14 bits per heavy atom. The minimum atomic E-state index is -5.00. The maximum absolute atomic E-state index is 13.0. The lowest BCUT2D eigenvalue weighted by Crippen LogP contribution is -2.45. The highest BCUT2D eigenvalue weighted by atomic mass is 19.4. The zero-order valence-corrected chi connectivity index (χ0v) is 14.4. The number of nitrogens with one attached hydrogen (secondary N) is 2. The third-order valence-electron chi connectivity index (χ3n) is 3.73. The van der Waals surface area contributed by atoms with Gasteiger partial charge in [0.1, 0.15) is 11.4 Å². The number of benzene rings is 2. The third-order valence-corrected chi connectivity index (χ3v) is 3.73. The predicted octanol–water partition coefficient (Wildman–Crippen LogP) is 3.55. The number of carbonyl (C=O) groups is 1. The maximum atomic E-state index is 13.0. The first-order valence-corrected chi connectivity index (χ1v) is 7.79. The average Bonchev–Trinajstić information content (AvgIpc) is 2.60. The topological polar surface area (TPSA) is 104 Å². The van der Waals surface area contributed by atoms with Crippen molar-refractivity contribution in [2.75, 3.05) is 17.2 Å². The molecular formula is C17H15F4N3O4. The van der Waals surface area contributed by atoms with E-state index >= 15 is 0 Å². The Hall–Kier alpha value is -3.21. The fraction of sp³-hybridized carbons (Fsp3) is 0.235. The molecular weight excluding hydrogens is 386 g/mol. The molecule has 0 saturated heterocycles. The minimum absolute atomic E-state index is 0.330. The lowest BCUT2D eigenvalue weighted by molar-refractivity contribution is -0.388. The minimum Gasteiger partial charge on any atom is -0.382 e. The van der Waals surface area contributed by atoms with E-state index in [0.29, 0.717) is 17.8 Å². The van der Waals surface area contributed by atoms with Crippen molar-refractivity contribution < 1.29 is 32.4 Å². The van der Waals surface area contributed by atoms with E-state index in [4.69, 9.17) is 0 Å². The lowest BCUT2D eigenvalue weighted by Gasteiger charge is -2.23. The number of alkyl halides is 3. The molecule has 0 aliphatic rings. The maximum Gasteiger partial charge on any atom is 0.423 e. The summed E-state index contributed by atoms with van der Waals surface area (Å²) in [6.45, 7) is 0.790. The van der Waals surface area contributed by atoms with Crippen molar-refractivity contribution in [2.24, 2.45) is 0 Å². The van der Waals surface area contributed by atoms with Crippen molar-refractivity contribution in [3.05, 3.63) is 64.0 Å². The van der Waals surface area contributed by atoms with Gasteiger partial charge in [-0.15, -0.1) is 0 Å². The summed E-state index contributed by atoms with van der Waals surface area (Å²) in [5, 5.41) is 25.8. The van der Waals surface area contributed by atoms with Crippen molar-refractivity contribution in [1.82, 2.24) is 0 Å². The standard InChI is InChI=1S/C17H15F4N3O4/c1-16(26,9-22-11-4-2-10(18)3-5-11)15(25)23-12-6-7-14(24(27)28)13(8-12)17(19,20)21/h2-8,22,26H,9H2,1H3,(H,23,25)/t16-/m0/s1. The lowest BCUT2D eigenvalue weighted by atomic mass is 10.1. The van der Waals surface area contributed by atoms with Crippen LogP contribution in [0.2, 0.25) is 0 Å². The van der Waals surface area contributed by atoms with Crippen LogP contribution < -0.4 is 10.6 Å². The average molecular weight is 401 g/mol. The third kappa shape index (κ3) is 5.16. The number of anilines is 2. The van der Waals surface area contributed by atoms with Crippen LogP contribution in [0.25, 0.3) is 0 Å². The van der Waals surface area contributed by atoms with Crippen LogP contribution in [-0.2, 0) is 11.0 Å². The van der Waals surface area contributed by atoms with Gasteiger partial charge in [0.25, 0.3) is 11.6 Å². The Morgan fingerprint density at radius 3 is 2.25 bits per heavy atom. The van der Waals surface area contributed by atoms with Crippen LogP contribution in [0.15, 0.2) is 42.5 Å². The van der Waals surface area contributed by atoms with Crippen LogP contribution in [0.5, 0.6) is 0 Å². The fourth-order valence-corrected chi connectivity index (χ4v) is 2.19. The SMILES string of the molecule is C[C@](O)(CNc1ccc(F)cc1)C(=O)Nc1ccc([N+](=O)[O-])c(C(F)(F)F)c1. The molecule has 7 nitrogen and oxygen atoms in total. The van der Waals surface area contributed by atoms with E-state index in [2.05, 4.69) is 10.6 Å². The van der Waals surface area contributed by atoms with Gasteiger partial charge in [0.15, 0.2) is 5.60 Å². The summed E-state index contributed by atoms with van der Waals surface area (Å²) in [5.41, 5.74) is -4.70. The van der Waals surface area contributed by atoms with E-state index in [1.165, 1.54) is 12.1 Å². The van der Waals surface area contributed by atoms with Crippen molar-refractivity contribution >= 4 is 23.0 Å². The van der Waals surface area contributed by atoms with Gasteiger partial charge in [-0.25, -0.2) is 4.39 Å². The first-order valence-electron chi connectivity index (χ1n) is 7.79. The molecule has 3 N–H and O–H groups in total. The Morgan fingerprint density at radius 2 is 1.71 bits per heavy atom. The molecule has 150 valence electrons. The highest BCUT2D eigenvalue weighted by molar-refractivity contribution is 5.97. The molecule has 1 atom stereocenters. The van der Waals surface area contributed by atoms with Crippen LogP contribution in [0.1, 0.15) is 12.5 Å². The van der Waals surface area contributed by atoms with E-state index in [1.54, 1.807) is 0 Å². The molecule has 0 saturated carbocycles. The van der Waals surface area contributed by atoms with Gasteiger partial charge >= 0.3 is 6.18 Å². The van der Waals surface area contributed by atoms with Crippen LogP contribution >= 0.6 is 0 Å². The zero-order chi connectivity index (χ0) is 21.1. The number of nitro benzene ring substituents is 1. The molecule has 2 rings (SSSR count).